The third-order valence-corrected chi connectivity index (χ3v) is 5.28. The molecule has 152 valence electrons. The molecular weight excluding hydrogens is 473 g/mol. The number of hydrogen-bond donors (Lipinski definition) is 2. The molecule has 2 N–H and O–H groups in total. The van der Waals surface area contributed by atoms with Crippen LogP contribution in [0.25, 0.3) is 0 Å². The van der Waals surface area contributed by atoms with Crippen molar-refractivity contribution < 1.29 is 0 Å². The van der Waals surface area contributed by atoms with Crippen molar-refractivity contribution in [2.45, 2.75) is 32.7 Å². The molecule has 0 amide bonds. The third-order valence-electron chi connectivity index (χ3n) is 4.08. The molecule has 27 heavy (non-hydrogen) atoms. The van der Waals surface area contributed by atoms with Crippen molar-refractivity contribution in [3.05, 3.63) is 34.0 Å². The molecule has 0 aromatic carbocycles. The minimum Gasteiger partial charge on any atom is -0.357 e. The van der Waals surface area contributed by atoms with Gasteiger partial charge >= 0.3 is 0 Å². The zero-order valence-corrected chi connectivity index (χ0v) is 20.0. The molecule has 9 heteroatoms. The summed E-state index contributed by atoms with van der Waals surface area (Å²) in [6.07, 6.45) is 7.90. The van der Waals surface area contributed by atoms with Gasteiger partial charge in [0.2, 0.25) is 0 Å². The minimum absolute atomic E-state index is 0. The van der Waals surface area contributed by atoms with Crippen molar-refractivity contribution in [3.63, 3.8) is 0 Å². The van der Waals surface area contributed by atoms with Crippen LogP contribution in [-0.2, 0) is 19.9 Å². The van der Waals surface area contributed by atoms with Crippen molar-refractivity contribution in [2.75, 3.05) is 33.7 Å². The molecule has 2 aromatic rings. The van der Waals surface area contributed by atoms with Crippen molar-refractivity contribution >= 4 is 41.3 Å². The molecule has 0 bridgehead atoms. The van der Waals surface area contributed by atoms with E-state index in [1.165, 1.54) is 15.4 Å². The topological polar surface area (TPSA) is 70.4 Å². The summed E-state index contributed by atoms with van der Waals surface area (Å²) < 4.78 is 1.83. The molecule has 0 aliphatic carbocycles. The van der Waals surface area contributed by atoms with Gasteiger partial charge in [-0.1, -0.05) is 6.92 Å². The SMILES string of the molecule is CCNC(=NCC(c1cnn(C)c1)N(C)C)NCCc1ncc(CC)s1.I. The van der Waals surface area contributed by atoms with Crippen molar-refractivity contribution in [1.29, 1.82) is 0 Å². The van der Waals surface area contributed by atoms with Crippen LogP contribution >= 0.6 is 35.3 Å². The highest BCUT2D eigenvalue weighted by Crippen LogP contribution is 2.17. The van der Waals surface area contributed by atoms with Gasteiger partial charge in [0.15, 0.2) is 5.96 Å². The maximum atomic E-state index is 4.77. The fourth-order valence-corrected chi connectivity index (χ4v) is 3.48. The van der Waals surface area contributed by atoms with E-state index in [2.05, 4.69) is 53.6 Å². The Labute approximate surface area is 183 Å². The van der Waals surface area contributed by atoms with E-state index in [0.29, 0.717) is 6.54 Å². The van der Waals surface area contributed by atoms with Gasteiger partial charge < -0.3 is 15.5 Å². The fraction of sp³-hybridized carbons (Fsp3) is 0.611. The van der Waals surface area contributed by atoms with E-state index >= 15 is 0 Å². The molecule has 1 unspecified atom stereocenters. The maximum absolute atomic E-state index is 4.77. The Morgan fingerprint density at radius 1 is 1.30 bits per heavy atom. The van der Waals surface area contributed by atoms with Crippen LogP contribution < -0.4 is 10.6 Å². The minimum atomic E-state index is 0. The standard InChI is InChI=1S/C18H31N7S.HI/c1-6-15-11-21-17(26-15)8-9-20-18(19-7-2)22-12-16(24(3)4)14-10-23-25(5)13-14;/h10-11,13,16H,6-9,12H2,1-5H3,(H2,19,20,22);1H. The summed E-state index contributed by atoms with van der Waals surface area (Å²) >= 11 is 1.79. The lowest BCUT2D eigenvalue weighted by atomic mass is 10.1. The molecule has 2 aromatic heterocycles. The number of guanidine groups is 1. The summed E-state index contributed by atoms with van der Waals surface area (Å²) in [4.78, 5) is 12.8. The van der Waals surface area contributed by atoms with Crippen LogP contribution in [0.4, 0.5) is 0 Å². The number of nitrogens with one attached hydrogen (secondary N) is 2. The fourth-order valence-electron chi connectivity index (χ4n) is 2.61. The normalized spacial score (nSPS) is 12.7. The number of aromatic nitrogens is 3. The lowest BCUT2D eigenvalue weighted by molar-refractivity contribution is 0.306. The molecular formula is C18H32IN7S. The first-order valence-electron chi connectivity index (χ1n) is 9.14. The van der Waals surface area contributed by atoms with E-state index in [0.717, 1.165) is 31.9 Å². The van der Waals surface area contributed by atoms with Crippen LogP contribution in [-0.4, -0.2) is 59.4 Å². The molecule has 2 rings (SSSR count). The number of aliphatic imine (C=N–C) groups is 1. The van der Waals surface area contributed by atoms with Gasteiger partial charge in [-0.2, -0.15) is 5.10 Å². The van der Waals surface area contributed by atoms with Crippen molar-refractivity contribution in [1.82, 2.24) is 30.3 Å². The van der Waals surface area contributed by atoms with E-state index in [1.54, 1.807) is 11.3 Å². The molecule has 7 nitrogen and oxygen atoms in total. The van der Waals surface area contributed by atoms with E-state index in [-0.39, 0.29) is 30.0 Å². The van der Waals surface area contributed by atoms with E-state index in [4.69, 9.17) is 4.99 Å². The summed E-state index contributed by atoms with van der Waals surface area (Å²) in [6, 6.07) is 0.199. The van der Waals surface area contributed by atoms with Crippen LogP contribution in [0.5, 0.6) is 0 Å². The van der Waals surface area contributed by atoms with Crippen molar-refractivity contribution in [2.24, 2.45) is 12.0 Å². The first kappa shape index (κ1) is 23.8. The smallest absolute Gasteiger partial charge is 0.191 e. The molecule has 0 saturated heterocycles. The lowest BCUT2D eigenvalue weighted by Gasteiger charge is -2.22. The van der Waals surface area contributed by atoms with Gasteiger partial charge in [0, 0.05) is 49.4 Å². The van der Waals surface area contributed by atoms with Crippen LogP contribution in [0.15, 0.2) is 23.6 Å². The van der Waals surface area contributed by atoms with Crippen LogP contribution in [0.3, 0.4) is 0 Å². The predicted octanol–water partition coefficient (Wildman–Crippen LogP) is 2.46. The molecule has 2 heterocycles. The predicted molar refractivity (Wildman–Crippen MR) is 124 cm³/mol. The van der Waals surface area contributed by atoms with E-state index < -0.39 is 0 Å². The molecule has 0 saturated carbocycles. The highest BCUT2D eigenvalue weighted by Gasteiger charge is 2.15. The summed E-state index contributed by atoms with van der Waals surface area (Å²) in [5, 5.41) is 12.2. The quantitative estimate of drug-likeness (QED) is 0.311. The summed E-state index contributed by atoms with van der Waals surface area (Å²) in [5.41, 5.74) is 1.17. The van der Waals surface area contributed by atoms with Gasteiger partial charge in [0.1, 0.15) is 0 Å². The highest BCUT2D eigenvalue weighted by molar-refractivity contribution is 14.0. The number of nitrogens with zero attached hydrogens (tertiary/aromatic N) is 5. The molecule has 0 aliphatic rings. The average molecular weight is 505 g/mol. The van der Waals surface area contributed by atoms with Gasteiger partial charge in [0.05, 0.1) is 23.8 Å². The van der Waals surface area contributed by atoms with Crippen molar-refractivity contribution in [3.8, 4) is 0 Å². The van der Waals surface area contributed by atoms with E-state index in [1.807, 2.05) is 30.3 Å². The Hall–Kier alpha value is -1.20. The Morgan fingerprint density at radius 3 is 2.63 bits per heavy atom. The molecule has 1 atom stereocenters. The van der Waals surface area contributed by atoms with Crippen LogP contribution in [0, 0.1) is 0 Å². The summed E-state index contributed by atoms with van der Waals surface area (Å²) in [6.45, 7) is 6.57. The first-order chi connectivity index (χ1) is 12.5. The highest BCUT2D eigenvalue weighted by atomic mass is 127. The molecule has 0 aliphatic heterocycles. The Balaban J connectivity index is 0.00000364. The second-order valence-electron chi connectivity index (χ2n) is 6.40. The van der Waals surface area contributed by atoms with Crippen LogP contribution in [0.1, 0.15) is 35.3 Å². The van der Waals surface area contributed by atoms with Gasteiger partial charge in [-0.3, -0.25) is 9.67 Å². The Bertz CT molecular complexity index is 695. The third kappa shape index (κ3) is 7.74. The number of hydrogen-bond acceptors (Lipinski definition) is 5. The van der Waals surface area contributed by atoms with Gasteiger partial charge in [-0.25, -0.2) is 4.98 Å². The zero-order valence-electron chi connectivity index (χ0n) is 16.9. The number of thiazole rings is 1. The molecule has 0 radical (unpaired) electrons. The van der Waals surface area contributed by atoms with Gasteiger partial charge in [0.25, 0.3) is 0 Å². The summed E-state index contributed by atoms with van der Waals surface area (Å²) in [7, 11) is 6.08. The number of likely N-dealkylation sites (N-methyl/N-ethyl adjacent to an activating group) is 1. The second kappa shape index (κ2) is 12.3. The number of rotatable bonds is 9. The maximum Gasteiger partial charge on any atom is 0.191 e. The van der Waals surface area contributed by atoms with Gasteiger partial charge in [-0.15, -0.1) is 35.3 Å². The van der Waals surface area contributed by atoms with E-state index in [9.17, 15) is 0 Å². The zero-order chi connectivity index (χ0) is 18.9. The largest absolute Gasteiger partial charge is 0.357 e. The Morgan fingerprint density at radius 2 is 2.07 bits per heavy atom. The lowest BCUT2D eigenvalue weighted by Crippen LogP contribution is -2.39. The molecule has 0 spiro atoms. The molecule has 0 fully saturated rings. The Kier molecular flexibility index (Phi) is 10.9. The van der Waals surface area contributed by atoms with Gasteiger partial charge in [-0.05, 0) is 27.4 Å². The second-order valence-corrected chi connectivity index (χ2v) is 7.60. The number of aryl methyl sites for hydroxylation is 2. The monoisotopic (exact) mass is 505 g/mol. The average Bonchev–Trinajstić information content (AvgIpc) is 3.23. The van der Waals surface area contributed by atoms with Crippen LogP contribution in [0.2, 0.25) is 0 Å². The first-order valence-corrected chi connectivity index (χ1v) is 9.95. The number of halogens is 1. The summed E-state index contributed by atoms with van der Waals surface area (Å²) in [5.74, 6) is 0.843.